The van der Waals surface area contributed by atoms with E-state index in [0.717, 1.165) is 18.9 Å². The average Bonchev–Trinajstić information content (AvgIpc) is 2.34. The monoisotopic (exact) mass is 318 g/mol. The Balaban J connectivity index is 2.24. The van der Waals surface area contributed by atoms with Crippen molar-refractivity contribution in [1.29, 1.82) is 0 Å². The fourth-order valence-electron chi connectivity index (χ4n) is 1.88. The summed E-state index contributed by atoms with van der Waals surface area (Å²) >= 11 is 3.03. The zero-order chi connectivity index (χ0) is 13.1. The lowest BCUT2D eigenvalue weighted by molar-refractivity contribution is -0.384. The Kier molecular flexibility index (Phi) is 4.13. The third kappa shape index (κ3) is 2.97. The zero-order valence-electron chi connectivity index (χ0n) is 9.49. The summed E-state index contributed by atoms with van der Waals surface area (Å²) < 4.78 is 18.8. The maximum absolute atomic E-state index is 13.3. The fraction of sp³-hybridized carbons (Fsp3) is 0.455. The SMILES string of the molecule is O=[N+]([O-])c1cc(F)c(Br)cc1NC1CCCOC1. The van der Waals surface area contributed by atoms with E-state index in [-0.39, 0.29) is 16.2 Å². The molecular formula is C11H12BrFN2O3. The first kappa shape index (κ1) is 13.2. The highest BCUT2D eigenvalue weighted by atomic mass is 79.9. The summed E-state index contributed by atoms with van der Waals surface area (Å²) in [5.41, 5.74) is 0.0463. The molecule has 1 saturated heterocycles. The molecular weight excluding hydrogens is 307 g/mol. The highest BCUT2D eigenvalue weighted by molar-refractivity contribution is 9.10. The van der Waals surface area contributed by atoms with Crippen molar-refractivity contribution < 1.29 is 14.1 Å². The highest BCUT2D eigenvalue weighted by Gasteiger charge is 2.21. The number of hydrogen-bond donors (Lipinski definition) is 1. The predicted octanol–water partition coefficient (Wildman–Crippen LogP) is 3.09. The van der Waals surface area contributed by atoms with E-state index in [1.54, 1.807) is 0 Å². The Hall–Kier alpha value is -1.21. The van der Waals surface area contributed by atoms with Crippen LogP contribution in [0.5, 0.6) is 0 Å². The number of halogens is 2. The summed E-state index contributed by atoms with van der Waals surface area (Å²) in [5, 5.41) is 13.9. The maximum atomic E-state index is 13.3. The van der Waals surface area contributed by atoms with Crippen molar-refractivity contribution in [3.05, 3.63) is 32.5 Å². The van der Waals surface area contributed by atoms with Crippen molar-refractivity contribution in [2.45, 2.75) is 18.9 Å². The second-order valence-electron chi connectivity index (χ2n) is 4.10. The number of nitro groups is 1. The van der Waals surface area contributed by atoms with Crippen LogP contribution in [0.25, 0.3) is 0 Å². The topological polar surface area (TPSA) is 64.4 Å². The molecule has 1 unspecified atom stereocenters. The first-order valence-electron chi connectivity index (χ1n) is 5.55. The molecule has 98 valence electrons. The molecule has 2 rings (SSSR count). The second-order valence-corrected chi connectivity index (χ2v) is 4.95. The third-order valence-electron chi connectivity index (χ3n) is 2.76. The Morgan fingerprint density at radius 1 is 1.56 bits per heavy atom. The Morgan fingerprint density at radius 3 is 2.94 bits per heavy atom. The minimum Gasteiger partial charge on any atom is -0.379 e. The molecule has 0 saturated carbocycles. The molecule has 7 heteroatoms. The van der Waals surface area contributed by atoms with E-state index >= 15 is 0 Å². The van der Waals surface area contributed by atoms with Gasteiger partial charge in [-0.2, -0.15) is 0 Å². The van der Waals surface area contributed by atoms with Gasteiger partial charge in [-0.05, 0) is 34.8 Å². The van der Waals surface area contributed by atoms with Crippen LogP contribution in [0, 0.1) is 15.9 Å². The van der Waals surface area contributed by atoms with Gasteiger partial charge in [0.15, 0.2) is 0 Å². The second kappa shape index (κ2) is 5.62. The Morgan fingerprint density at radius 2 is 2.33 bits per heavy atom. The van der Waals surface area contributed by atoms with Gasteiger partial charge < -0.3 is 10.1 Å². The number of rotatable bonds is 3. The van der Waals surface area contributed by atoms with Gasteiger partial charge in [-0.1, -0.05) is 0 Å². The van der Waals surface area contributed by atoms with E-state index in [1.165, 1.54) is 6.07 Å². The van der Waals surface area contributed by atoms with Crippen LogP contribution in [-0.2, 0) is 4.74 Å². The normalized spacial score (nSPS) is 19.6. The lowest BCUT2D eigenvalue weighted by Crippen LogP contribution is -2.30. The van der Waals surface area contributed by atoms with E-state index in [4.69, 9.17) is 4.74 Å². The third-order valence-corrected chi connectivity index (χ3v) is 3.36. The van der Waals surface area contributed by atoms with Crippen molar-refractivity contribution in [1.82, 2.24) is 0 Å². The van der Waals surface area contributed by atoms with Crippen molar-refractivity contribution in [2.24, 2.45) is 0 Å². The van der Waals surface area contributed by atoms with Gasteiger partial charge in [0.05, 0.1) is 22.1 Å². The molecule has 1 fully saturated rings. The van der Waals surface area contributed by atoms with E-state index in [9.17, 15) is 14.5 Å². The van der Waals surface area contributed by atoms with Crippen molar-refractivity contribution in [2.75, 3.05) is 18.5 Å². The van der Waals surface area contributed by atoms with Crippen LogP contribution < -0.4 is 5.32 Å². The maximum Gasteiger partial charge on any atom is 0.295 e. The van der Waals surface area contributed by atoms with Gasteiger partial charge in [-0.15, -0.1) is 0 Å². The molecule has 0 radical (unpaired) electrons. The lowest BCUT2D eigenvalue weighted by Gasteiger charge is -2.24. The van der Waals surface area contributed by atoms with Gasteiger partial charge in [0.1, 0.15) is 11.5 Å². The molecule has 1 aliphatic heterocycles. The Labute approximate surface area is 112 Å². The number of nitro benzene ring substituents is 1. The van der Waals surface area contributed by atoms with Crippen LogP contribution in [0.1, 0.15) is 12.8 Å². The molecule has 5 nitrogen and oxygen atoms in total. The molecule has 0 amide bonds. The molecule has 1 N–H and O–H groups in total. The molecule has 1 aromatic carbocycles. The minimum absolute atomic E-state index is 0.0230. The molecule has 1 atom stereocenters. The first-order chi connectivity index (χ1) is 8.58. The first-order valence-corrected chi connectivity index (χ1v) is 6.35. The number of anilines is 1. The van der Waals surface area contributed by atoms with E-state index in [0.29, 0.717) is 18.9 Å². The van der Waals surface area contributed by atoms with Crippen LogP contribution in [0.2, 0.25) is 0 Å². The number of ether oxygens (including phenoxy) is 1. The minimum atomic E-state index is -0.646. The van der Waals surface area contributed by atoms with Crippen molar-refractivity contribution >= 4 is 27.3 Å². The zero-order valence-corrected chi connectivity index (χ0v) is 11.1. The summed E-state index contributed by atoms with van der Waals surface area (Å²) in [6.07, 6.45) is 1.79. The van der Waals surface area contributed by atoms with E-state index < -0.39 is 10.7 Å². The average molecular weight is 319 g/mol. The number of nitrogens with one attached hydrogen (secondary N) is 1. The predicted molar refractivity (Wildman–Crippen MR) is 68.2 cm³/mol. The number of hydrogen-bond acceptors (Lipinski definition) is 4. The quantitative estimate of drug-likeness (QED) is 0.687. The van der Waals surface area contributed by atoms with Crippen LogP contribution in [0.4, 0.5) is 15.8 Å². The van der Waals surface area contributed by atoms with Gasteiger partial charge in [-0.25, -0.2) is 4.39 Å². The smallest absolute Gasteiger partial charge is 0.295 e. The number of nitrogens with zero attached hydrogens (tertiary/aromatic N) is 1. The summed E-state index contributed by atoms with van der Waals surface area (Å²) in [4.78, 5) is 10.3. The fourth-order valence-corrected chi connectivity index (χ4v) is 2.22. The van der Waals surface area contributed by atoms with Gasteiger partial charge >= 0.3 is 0 Å². The molecule has 1 aromatic rings. The summed E-state index contributed by atoms with van der Waals surface area (Å²) in [6.45, 7) is 1.22. The highest BCUT2D eigenvalue weighted by Crippen LogP contribution is 2.31. The Bertz CT molecular complexity index is 464. The van der Waals surface area contributed by atoms with Gasteiger partial charge in [0.25, 0.3) is 5.69 Å². The summed E-state index contributed by atoms with van der Waals surface area (Å²) in [5.74, 6) is -0.646. The summed E-state index contributed by atoms with van der Waals surface area (Å²) in [7, 11) is 0. The van der Waals surface area contributed by atoms with Crippen LogP contribution in [0.15, 0.2) is 16.6 Å². The molecule has 0 aromatic heterocycles. The van der Waals surface area contributed by atoms with Gasteiger partial charge in [-0.3, -0.25) is 10.1 Å². The van der Waals surface area contributed by atoms with Crippen molar-refractivity contribution in [3.63, 3.8) is 0 Å². The number of benzene rings is 1. The van der Waals surface area contributed by atoms with Crippen LogP contribution in [0.3, 0.4) is 0 Å². The molecule has 18 heavy (non-hydrogen) atoms. The summed E-state index contributed by atoms with van der Waals surface area (Å²) in [6, 6.07) is 2.33. The molecule has 0 aliphatic carbocycles. The van der Waals surface area contributed by atoms with E-state index in [1.807, 2.05) is 0 Å². The molecule has 0 bridgehead atoms. The van der Waals surface area contributed by atoms with Gasteiger partial charge in [0.2, 0.25) is 0 Å². The molecule has 1 aliphatic rings. The lowest BCUT2D eigenvalue weighted by atomic mass is 10.1. The molecule has 1 heterocycles. The standard InChI is InChI=1S/C11H12BrFN2O3/c12-8-4-10(11(15(16)17)5-9(8)13)14-7-2-1-3-18-6-7/h4-5,7,14H,1-3,6H2. The van der Waals surface area contributed by atoms with Crippen molar-refractivity contribution in [3.8, 4) is 0 Å². The largest absolute Gasteiger partial charge is 0.379 e. The van der Waals surface area contributed by atoms with Crippen LogP contribution in [-0.4, -0.2) is 24.2 Å². The molecule has 0 spiro atoms. The van der Waals surface area contributed by atoms with Crippen LogP contribution >= 0.6 is 15.9 Å². The van der Waals surface area contributed by atoms with E-state index in [2.05, 4.69) is 21.2 Å². The van der Waals surface area contributed by atoms with Gasteiger partial charge in [0, 0.05) is 12.6 Å².